The molecule has 34 heavy (non-hydrogen) atoms. The van der Waals surface area contributed by atoms with Gasteiger partial charge in [-0.1, -0.05) is 30.3 Å². The summed E-state index contributed by atoms with van der Waals surface area (Å²) in [5.41, 5.74) is 2.35. The fourth-order valence-corrected chi connectivity index (χ4v) is 3.46. The maximum absolute atomic E-state index is 12.9. The summed E-state index contributed by atoms with van der Waals surface area (Å²) in [4.78, 5) is 28.0. The number of hydrogen-bond donors (Lipinski definition) is 2. The maximum Gasteiger partial charge on any atom is 0.389 e. The van der Waals surface area contributed by atoms with Gasteiger partial charge in [-0.25, -0.2) is 0 Å². The Morgan fingerprint density at radius 1 is 1.09 bits per heavy atom. The number of nitrogens with one attached hydrogen (secondary N) is 2. The van der Waals surface area contributed by atoms with Crippen molar-refractivity contribution in [1.82, 2.24) is 10.3 Å². The van der Waals surface area contributed by atoms with Crippen molar-refractivity contribution in [2.24, 2.45) is 0 Å². The number of alkyl halides is 3. The Hall–Kier alpha value is -3.62. The summed E-state index contributed by atoms with van der Waals surface area (Å²) in [5, 5.41) is 6.65. The minimum Gasteiger partial charge on any atom is -0.466 e. The van der Waals surface area contributed by atoms with Gasteiger partial charge in [0.1, 0.15) is 0 Å². The third-order valence-electron chi connectivity index (χ3n) is 5.14. The Bertz CT molecular complexity index is 1120. The smallest absolute Gasteiger partial charge is 0.389 e. The zero-order chi connectivity index (χ0) is 24.6. The summed E-state index contributed by atoms with van der Waals surface area (Å²) in [5.74, 6) is -0.783. The fourth-order valence-electron chi connectivity index (χ4n) is 3.46. The second kappa shape index (κ2) is 11.5. The monoisotopic (exact) mass is 473 g/mol. The summed E-state index contributed by atoms with van der Waals surface area (Å²) in [6, 6.07) is 15.0. The van der Waals surface area contributed by atoms with Crippen LogP contribution in [0.5, 0.6) is 0 Å². The lowest BCUT2D eigenvalue weighted by Gasteiger charge is -2.21. The summed E-state index contributed by atoms with van der Waals surface area (Å²) in [6.07, 6.45) is -3.78. The van der Waals surface area contributed by atoms with Crippen molar-refractivity contribution in [3.05, 3.63) is 71.9 Å². The standard InChI is InChI=1S/C25H26F3N3O3/c1-2-34-23(32)12-14-29-24(33)18-9-7-17(8-10-18)22(11-13-25(26,27)28)31-20-15-19-5-3-4-6-21(19)30-16-20/h3-10,15-16,22,31H,2,11-14H2,1H3,(H,29,33). The van der Waals surface area contributed by atoms with E-state index in [0.717, 1.165) is 10.9 Å². The molecular weight excluding hydrogens is 447 g/mol. The molecule has 9 heteroatoms. The number of rotatable bonds is 10. The highest BCUT2D eigenvalue weighted by atomic mass is 19.4. The van der Waals surface area contributed by atoms with Crippen LogP contribution in [0.2, 0.25) is 0 Å². The van der Waals surface area contributed by atoms with E-state index < -0.39 is 24.6 Å². The van der Waals surface area contributed by atoms with Crippen LogP contribution >= 0.6 is 0 Å². The fraction of sp³-hybridized carbons (Fsp3) is 0.320. The van der Waals surface area contributed by atoms with Gasteiger partial charge >= 0.3 is 12.1 Å². The van der Waals surface area contributed by atoms with Gasteiger partial charge in [-0.2, -0.15) is 13.2 Å². The largest absolute Gasteiger partial charge is 0.466 e. The van der Waals surface area contributed by atoms with Gasteiger partial charge in [0.05, 0.1) is 36.5 Å². The van der Waals surface area contributed by atoms with Crippen LogP contribution in [0, 0.1) is 0 Å². The van der Waals surface area contributed by atoms with Gasteiger partial charge in [-0.05, 0) is 43.2 Å². The Morgan fingerprint density at radius 2 is 1.82 bits per heavy atom. The van der Waals surface area contributed by atoms with Crippen LogP contribution in [0.4, 0.5) is 18.9 Å². The molecule has 1 unspecified atom stereocenters. The van der Waals surface area contributed by atoms with E-state index in [0.29, 0.717) is 16.8 Å². The number of anilines is 1. The first kappa shape index (κ1) is 25.0. The minimum absolute atomic E-state index is 0.0564. The second-order valence-electron chi connectivity index (χ2n) is 7.70. The van der Waals surface area contributed by atoms with Crippen molar-refractivity contribution in [3.8, 4) is 0 Å². The number of pyridine rings is 1. The number of carbonyl (C=O) groups is 2. The van der Waals surface area contributed by atoms with Crippen molar-refractivity contribution < 1.29 is 27.5 Å². The van der Waals surface area contributed by atoms with Crippen molar-refractivity contribution in [3.63, 3.8) is 0 Å². The quantitative estimate of drug-likeness (QED) is 0.385. The van der Waals surface area contributed by atoms with Gasteiger partial charge in [0.15, 0.2) is 0 Å². The molecule has 0 fully saturated rings. The Kier molecular flexibility index (Phi) is 8.45. The molecule has 180 valence electrons. The summed E-state index contributed by atoms with van der Waals surface area (Å²) in [7, 11) is 0. The highest BCUT2D eigenvalue weighted by Gasteiger charge is 2.29. The molecule has 2 aromatic carbocycles. The van der Waals surface area contributed by atoms with Crippen LogP contribution in [-0.2, 0) is 9.53 Å². The van der Waals surface area contributed by atoms with Crippen LogP contribution in [0.3, 0.4) is 0 Å². The molecule has 0 aliphatic carbocycles. The first-order chi connectivity index (χ1) is 16.2. The number of fused-ring (bicyclic) bond motifs is 1. The Balaban J connectivity index is 1.71. The van der Waals surface area contributed by atoms with Crippen LogP contribution in [0.15, 0.2) is 60.8 Å². The predicted molar refractivity (Wildman–Crippen MR) is 123 cm³/mol. The third kappa shape index (κ3) is 7.47. The Morgan fingerprint density at radius 3 is 2.53 bits per heavy atom. The summed E-state index contributed by atoms with van der Waals surface area (Å²) in [6.45, 7) is 2.10. The number of para-hydroxylation sites is 1. The van der Waals surface area contributed by atoms with Crippen LogP contribution in [-0.4, -0.2) is 36.2 Å². The molecule has 1 atom stereocenters. The number of aromatic nitrogens is 1. The van der Waals surface area contributed by atoms with E-state index in [4.69, 9.17) is 4.74 Å². The lowest BCUT2D eigenvalue weighted by atomic mass is 9.99. The number of halogens is 3. The zero-order valence-electron chi connectivity index (χ0n) is 18.7. The lowest BCUT2D eigenvalue weighted by Crippen LogP contribution is -2.26. The van der Waals surface area contributed by atoms with Crippen molar-refractivity contribution in [1.29, 1.82) is 0 Å². The van der Waals surface area contributed by atoms with Crippen molar-refractivity contribution in [2.45, 2.75) is 38.4 Å². The minimum atomic E-state index is -4.29. The zero-order valence-corrected chi connectivity index (χ0v) is 18.7. The molecule has 0 saturated heterocycles. The number of ether oxygens (including phenoxy) is 1. The highest BCUT2D eigenvalue weighted by Crippen LogP contribution is 2.31. The van der Waals surface area contributed by atoms with E-state index in [9.17, 15) is 22.8 Å². The molecule has 2 N–H and O–H groups in total. The van der Waals surface area contributed by atoms with E-state index >= 15 is 0 Å². The number of esters is 1. The van der Waals surface area contributed by atoms with Crippen molar-refractivity contribution >= 4 is 28.5 Å². The van der Waals surface area contributed by atoms with Gasteiger partial charge in [0.2, 0.25) is 0 Å². The van der Waals surface area contributed by atoms with E-state index in [1.54, 1.807) is 37.4 Å². The van der Waals surface area contributed by atoms with E-state index in [-0.39, 0.29) is 31.9 Å². The SMILES string of the molecule is CCOC(=O)CCNC(=O)c1ccc(C(CCC(F)(F)F)Nc2cnc3ccccc3c2)cc1. The molecule has 0 bridgehead atoms. The number of carbonyl (C=O) groups excluding carboxylic acids is 2. The maximum atomic E-state index is 12.9. The predicted octanol–water partition coefficient (Wildman–Crippen LogP) is 5.41. The number of amides is 1. The molecule has 3 aromatic rings. The third-order valence-corrected chi connectivity index (χ3v) is 5.14. The average Bonchev–Trinajstić information content (AvgIpc) is 2.81. The molecule has 0 saturated carbocycles. The molecule has 0 aliphatic heterocycles. The van der Waals surface area contributed by atoms with E-state index in [2.05, 4.69) is 15.6 Å². The summed E-state index contributed by atoms with van der Waals surface area (Å²) < 4.78 is 43.6. The van der Waals surface area contributed by atoms with Gasteiger partial charge in [-0.3, -0.25) is 14.6 Å². The van der Waals surface area contributed by atoms with Gasteiger partial charge in [0.25, 0.3) is 5.91 Å². The van der Waals surface area contributed by atoms with Gasteiger partial charge in [-0.15, -0.1) is 0 Å². The molecule has 6 nitrogen and oxygen atoms in total. The van der Waals surface area contributed by atoms with E-state index in [1.165, 1.54) is 0 Å². The first-order valence-electron chi connectivity index (χ1n) is 11.0. The number of hydrogen-bond acceptors (Lipinski definition) is 5. The van der Waals surface area contributed by atoms with Gasteiger partial charge in [0, 0.05) is 23.9 Å². The number of nitrogens with zero attached hydrogens (tertiary/aromatic N) is 1. The average molecular weight is 473 g/mol. The lowest BCUT2D eigenvalue weighted by molar-refractivity contribution is -0.143. The van der Waals surface area contributed by atoms with Crippen LogP contribution < -0.4 is 10.6 Å². The van der Waals surface area contributed by atoms with E-state index in [1.807, 2.05) is 30.3 Å². The normalized spacial score (nSPS) is 12.2. The topological polar surface area (TPSA) is 80.3 Å². The molecular formula is C25H26F3N3O3. The van der Waals surface area contributed by atoms with Crippen molar-refractivity contribution in [2.75, 3.05) is 18.5 Å². The molecule has 1 heterocycles. The molecule has 3 rings (SSSR count). The Labute approximate surface area is 195 Å². The second-order valence-corrected chi connectivity index (χ2v) is 7.70. The molecule has 0 spiro atoms. The molecule has 0 radical (unpaired) electrons. The first-order valence-corrected chi connectivity index (χ1v) is 11.0. The van der Waals surface area contributed by atoms with Crippen LogP contribution in [0.25, 0.3) is 10.9 Å². The highest BCUT2D eigenvalue weighted by molar-refractivity contribution is 5.94. The number of benzene rings is 2. The van der Waals surface area contributed by atoms with Gasteiger partial charge < -0.3 is 15.4 Å². The van der Waals surface area contributed by atoms with Crippen LogP contribution in [0.1, 0.15) is 48.1 Å². The molecule has 0 aliphatic rings. The molecule has 1 aromatic heterocycles. The molecule has 1 amide bonds. The summed E-state index contributed by atoms with van der Waals surface area (Å²) >= 11 is 0.